The number of sulfone groups is 1. The van der Waals surface area contributed by atoms with Crippen LogP contribution in [-0.2, 0) is 19.4 Å². The van der Waals surface area contributed by atoms with E-state index in [1.165, 1.54) is 25.3 Å². The molecular weight excluding hydrogens is 336 g/mol. The molecule has 0 aliphatic rings. The van der Waals surface area contributed by atoms with Crippen molar-refractivity contribution in [1.29, 1.82) is 0 Å². The molecule has 0 fully saturated rings. The van der Waals surface area contributed by atoms with E-state index in [2.05, 4.69) is 21.2 Å². The molecule has 106 valence electrons. The number of carbonyl (C=O) groups excluding carboxylic acids is 1. The number of hydrogen-bond donors (Lipinski definition) is 2. The van der Waals surface area contributed by atoms with Gasteiger partial charge in [0.25, 0.3) is 0 Å². The first-order valence-electron chi connectivity index (χ1n) is 5.40. The average molecular weight is 351 g/mol. The lowest BCUT2D eigenvalue weighted by Gasteiger charge is -2.08. The standard InChI is InChI=1S/C11H15BrN2O4S/c1-18-5-4-14-11(15)7-19(16,17)10-3-2-8(13)6-9(10)12/h2-3,6H,4-5,7,13H2,1H3,(H,14,15). The molecule has 6 nitrogen and oxygen atoms in total. The van der Waals surface area contributed by atoms with Crippen LogP contribution in [0.1, 0.15) is 0 Å². The molecule has 8 heteroatoms. The van der Waals surface area contributed by atoms with Crippen molar-refractivity contribution in [3.8, 4) is 0 Å². The number of ether oxygens (including phenoxy) is 1. The van der Waals surface area contributed by atoms with Gasteiger partial charge in [0.2, 0.25) is 5.91 Å². The third-order valence-corrected chi connectivity index (χ3v) is 4.83. The van der Waals surface area contributed by atoms with Gasteiger partial charge < -0.3 is 15.8 Å². The third-order valence-electron chi connectivity index (χ3n) is 2.24. The van der Waals surface area contributed by atoms with Crippen LogP contribution in [0.25, 0.3) is 0 Å². The van der Waals surface area contributed by atoms with Crippen LogP contribution >= 0.6 is 15.9 Å². The molecule has 1 rings (SSSR count). The van der Waals surface area contributed by atoms with Gasteiger partial charge in [0.05, 0.1) is 11.5 Å². The Morgan fingerprint density at radius 2 is 2.16 bits per heavy atom. The van der Waals surface area contributed by atoms with E-state index in [1.54, 1.807) is 0 Å². The molecule has 0 unspecified atom stereocenters. The van der Waals surface area contributed by atoms with Crippen molar-refractivity contribution < 1.29 is 17.9 Å². The van der Waals surface area contributed by atoms with Crippen LogP contribution in [-0.4, -0.2) is 40.3 Å². The number of anilines is 1. The molecule has 3 N–H and O–H groups in total. The Kier molecular flexibility index (Phi) is 5.77. The molecule has 0 radical (unpaired) electrons. The normalized spacial score (nSPS) is 11.3. The smallest absolute Gasteiger partial charge is 0.235 e. The van der Waals surface area contributed by atoms with Gasteiger partial charge in [-0.3, -0.25) is 4.79 Å². The van der Waals surface area contributed by atoms with Gasteiger partial charge in [-0.15, -0.1) is 0 Å². The Morgan fingerprint density at radius 1 is 1.47 bits per heavy atom. The summed E-state index contributed by atoms with van der Waals surface area (Å²) in [6.07, 6.45) is 0. The molecular formula is C11H15BrN2O4S. The number of nitrogen functional groups attached to an aromatic ring is 1. The maximum absolute atomic E-state index is 12.0. The van der Waals surface area contributed by atoms with Crippen molar-refractivity contribution >= 4 is 37.4 Å². The number of nitrogens with two attached hydrogens (primary N) is 1. The topological polar surface area (TPSA) is 98.5 Å². The van der Waals surface area contributed by atoms with Crippen molar-refractivity contribution in [1.82, 2.24) is 5.32 Å². The van der Waals surface area contributed by atoms with E-state index in [0.717, 1.165) is 0 Å². The minimum atomic E-state index is -3.70. The summed E-state index contributed by atoms with van der Waals surface area (Å²) in [7, 11) is -2.20. The zero-order valence-corrected chi connectivity index (χ0v) is 12.8. The second-order valence-electron chi connectivity index (χ2n) is 3.79. The van der Waals surface area contributed by atoms with E-state index in [9.17, 15) is 13.2 Å². The van der Waals surface area contributed by atoms with Crippen molar-refractivity contribution in [2.45, 2.75) is 4.90 Å². The van der Waals surface area contributed by atoms with Crippen molar-refractivity contribution in [3.05, 3.63) is 22.7 Å². The average Bonchev–Trinajstić information content (AvgIpc) is 2.27. The van der Waals surface area contributed by atoms with E-state index >= 15 is 0 Å². The van der Waals surface area contributed by atoms with Gasteiger partial charge in [-0.05, 0) is 34.1 Å². The Bertz CT molecular complexity index is 560. The van der Waals surface area contributed by atoms with Crippen LogP contribution in [0.3, 0.4) is 0 Å². The summed E-state index contributed by atoms with van der Waals surface area (Å²) < 4.78 is 29.2. The molecule has 0 aliphatic heterocycles. The van der Waals surface area contributed by atoms with E-state index in [4.69, 9.17) is 10.5 Å². The molecule has 0 aliphatic carbocycles. The van der Waals surface area contributed by atoms with Crippen LogP contribution in [0, 0.1) is 0 Å². The molecule has 0 aromatic heterocycles. The highest BCUT2D eigenvalue weighted by molar-refractivity contribution is 9.10. The summed E-state index contributed by atoms with van der Waals surface area (Å²) in [4.78, 5) is 11.5. The van der Waals surface area contributed by atoms with Gasteiger partial charge >= 0.3 is 0 Å². The molecule has 0 saturated carbocycles. The summed E-state index contributed by atoms with van der Waals surface area (Å²) in [6, 6.07) is 4.33. The second-order valence-corrected chi connectivity index (χ2v) is 6.60. The van der Waals surface area contributed by atoms with E-state index in [1.807, 2.05) is 0 Å². The molecule has 0 atom stereocenters. The van der Waals surface area contributed by atoms with Gasteiger partial charge in [-0.25, -0.2) is 8.42 Å². The van der Waals surface area contributed by atoms with Crippen LogP contribution < -0.4 is 11.1 Å². The fourth-order valence-electron chi connectivity index (χ4n) is 1.36. The Morgan fingerprint density at radius 3 is 2.74 bits per heavy atom. The fourth-order valence-corrected chi connectivity index (χ4v) is 3.73. The number of methoxy groups -OCH3 is 1. The summed E-state index contributed by atoms with van der Waals surface area (Å²) in [6.45, 7) is 0.602. The number of halogens is 1. The zero-order valence-electron chi connectivity index (χ0n) is 10.3. The number of carbonyl (C=O) groups is 1. The lowest BCUT2D eigenvalue weighted by molar-refractivity contribution is -0.118. The Labute approximate surface area is 120 Å². The van der Waals surface area contributed by atoms with Crippen LogP contribution in [0.5, 0.6) is 0 Å². The maximum atomic E-state index is 12.0. The minimum absolute atomic E-state index is 0.0450. The van der Waals surface area contributed by atoms with Crippen molar-refractivity contribution in [2.24, 2.45) is 0 Å². The number of hydrogen-bond acceptors (Lipinski definition) is 5. The number of benzene rings is 1. The van der Waals surface area contributed by atoms with Crippen LogP contribution in [0.2, 0.25) is 0 Å². The lowest BCUT2D eigenvalue weighted by Crippen LogP contribution is -2.32. The summed E-state index contributed by atoms with van der Waals surface area (Å²) in [5, 5.41) is 2.46. The summed E-state index contributed by atoms with van der Waals surface area (Å²) >= 11 is 3.13. The monoisotopic (exact) mass is 350 g/mol. The molecule has 19 heavy (non-hydrogen) atoms. The molecule has 1 amide bonds. The third kappa shape index (κ3) is 4.81. The largest absolute Gasteiger partial charge is 0.399 e. The molecule has 0 heterocycles. The quantitative estimate of drug-likeness (QED) is 0.577. The molecule has 0 bridgehead atoms. The van der Waals surface area contributed by atoms with Gasteiger partial charge in [0.1, 0.15) is 5.75 Å². The van der Waals surface area contributed by atoms with Crippen molar-refractivity contribution in [2.75, 3.05) is 31.7 Å². The second kappa shape index (κ2) is 6.88. The lowest BCUT2D eigenvalue weighted by atomic mass is 10.3. The first-order chi connectivity index (χ1) is 8.86. The molecule has 1 aromatic carbocycles. The highest BCUT2D eigenvalue weighted by Gasteiger charge is 2.21. The number of rotatable bonds is 6. The van der Waals surface area contributed by atoms with Crippen LogP contribution in [0.15, 0.2) is 27.6 Å². The number of nitrogens with one attached hydrogen (secondary N) is 1. The van der Waals surface area contributed by atoms with E-state index in [0.29, 0.717) is 16.8 Å². The Hall–Kier alpha value is -1.12. The first-order valence-corrected chi connectivity index (χ1v) is 7.85. The highest BCUT2D eigenvalue weighted by Crippen LogP contribution is 2.25. The SMILES string of the molecule is COCCNC(=O)CS(=O)(=O)c1ccc(N)cc1Br. The predicted octanol–water partition coefficient (Wildman–Crippen LogP) is 0.568. The van der Waals surface area contributed by atoms with E-state index < -0.39 is 21.5 Å². The molecule has 0 saturated heterocycles. The van der Waals surface area contributed by atoms with Gasteiger partial charge in [-0.2, -0.15) is 0 Å². The minimum Gasteiger partial charge on any atom is -0.399 e. The van der Waals surface area contributed by atoms with Crippen LogP contribution in [0.4, 0.5) is 5.69 Å². The first kappa shape index (κ1) is 15.9. The molecule has 1 aromatic rings. The highest BCUT2D eigenvalue weighted by atomic mass is 79.9. The number of amides is 1. The zero-order chi connectivity index (χ0) is 14.5. The molecule has 0 spiro atoms. The van der Waals surface area contributed by atoms with E-state index in [-0.39, 0.29) is 11.4 Å². The van der Waals surface area contributed by atoms with Gasteiger partial charge in [0.15, 0.2) is 9.84 Å². The maximum Gasteiger partial charge on any atom is 0.235 e. The predicted molar refractivity (Wildman–Crippen MR) is 75.5 cm³/mol. The summed E-state index contributed by atoms with van der Waals surface area (Å²) in [5.41, 5.74) is 5.98. The van der Waals surface area contributed by atoms with Gasteiger partial charge in [0, 0.05) is 23.8 Å². The van der Waals surface area contributed by atoms with Crippen molar-refractivity contribution in [3.63, 3.8) is 0 Å². The Balaban J connectivity index is 2.78. The van der Waals surface area contributed by atoms with Gasteiger partial charge in [-0.1, -0.05) is 0 Å². The summed E-state index contributed by atoms with van der Waals surface area (Å²) in [5.74, 6) is -1.18. The fraction of sp³-hybridized carbons (Fsp3) is 0.364.